The van der Waals surface area contributed by atoms with E-state index in [9.17, 15) is 4.79 Å². The summed E-state index contributed by atoms with van der Waals surface area (Å²) in [6, 6.07) is 18.4. The van der Waals surface area contributed by atoms with Gasteiger partial charge in [-0.2, -0.15) is 15.0 Å². The summed E-state index contributed by atoms with van der Waals surface area (Å²) in [7, 11) is 0. The van der Waals surface area contributed by atoms with Crippen LogP contribution in [0.15, 0.2) is 60.8 Å². The first kappa shape index (κ1) is 24.4. The smallest absolute Gasteiger partial charge is 0.251 e. The lowest BCUT2D eigenvalue weighted by atomic mass is 10.0. The molecule has 0 bridgehead atoms. The van der Waals surface area contributed by atoms with Crippen LogP contribution in [0.2, 0.25) is 0 Å². The Balaban J connectivity index is 1.03. The van der Waals surface area contributed by atoms with Crippen molar-refractivity contribution in [3.63, 3.8) is 0 Å². The predicted octanol–water partition coefficient (Wildman–Crippen LogP) is 2.09. The van der Waals surface area contributed by atoms with Crippen molar-refractivity contribution < 1.29 is 9.53 Å². The Morgan fingerprint density at radius 1 is 0.944 bits per heavy atom. The van der Waals surface area contributed by atoms with Crippen molar-refractivity contribution in [2.75, 3.05) is 57.4 Å². The molecule has 2 aliphatic rings. The maximum atomic E-state index is 12.5. The number of morpholine rings is 1. The van der Waals surface area contributed by atoms with Crippen LogP contribution in [0.25, 0.3) is 5.69 Å². The van der Waals surface area contributed by atoms with Crippen LogP contribution in [0, 0.1) is 0 Å². The van der Waals surface area contributed by atoms with Crippen molar-refractivity contribution in [2.24, 2.45) is 0 Å². The Morgan fingerprint density at radius 2 is 1.69 bits per heavy atom. The molecule has 3 heterocycles. The molecule has 0 spiro atoms. The van der Waals surface area contributed by atoms with Gasteiger partial charge in [-0.15, -0.1) is 0 Å². The van der Waals surface area contributed by atoms with E-state index in [1.165, 1.54) is 5.69 Å². The van der Waals surface area contributed by atoms with Crippen molar-refractivity contribution in [2.45, 2.75) is 25.4 Å². The number of ether oxygens (including phenoxy) is 1. The van der Waals surface area contributed by atoms with Crippen molar-refractivity contribution in [1.82, 2.24) is 30.5 Å². The van der Waals surface area contributed by atoms with E-state index in [4.69, 9.17) is 4.74 Å². The molecule has 2 aliphatic heterocycles. The molecule has 0 atom stereocenters. The maximum absolute atomic E-state index is 12.5. The van der Waals surface area contributed by atoms with E-state index < -0.39 is 0 Å². The van der Waals surface area contributed by atoms with Gasteiger partial charge in [-0.25, -0.2) is 0 Å². The number of piperidine rings is 1. The van der Waals surface area contributed by atoms with E-state index in [2.05, 4.69) is 42.8 Å². The molecule has 36 heavy (non-hydrogen) atoms. The summed E-state index contributed by atoms with van der Waals surface area (Å²) < 4.78 is 5.37. The molecule has 0 radical (unpaired) electrons. The molecule has 3 aromatic rings. The zero-order valence-corrected chi connectivity index (χ0v) is 20.7. The number of rotatable bonds is 9. The molecule has 9 nitrogen and oxygen atoms in total. The molecule has 2 aromatic carbocycles. The van der Waals surface area contributed by atoms with E-state index in [0.717, 1.165) is 70.2 Å². The van der Waals surface area contributed by atoms with Crippen LogP contribution in [0.1, 0.15) is 28.9 Å². The number of benzene rings is 2. The van der Waals surface area contributed by atoms with E-state index in [1.807, 2.05) is 48.7 Å². The summed E-state index contributed by atoms with van der Waals surface area (Å²) in [6.45, 7) is 7.64. The number of nitrogens with zero attached hydrogens (tertiary/aromatic N) is 5. The first-order valence-corrected chi connectivity index (χ1v) is 12.9. The molecule has 190 valence electrons. The third kappa shape index (κ3) is 6.48. The van der Waals surface area contributed by atoms with Crippen molar-refractivity contribution >= 4 is 11.6 Å². The molecule has 5 rings (SSSR count). The van der Waals surface area contributed by atoms with Gasteiger partial charge < -0.3 is 20.3 Å². The standard InChI is InChI=1S/C27H35N7O2/c35-27(28-12-15-32-16-18-36-19-17-32)22-6-8-25(9-7-22)33-13-10-23(11-14-33)29-20-24-21-30-34(31-24)26-4-2-1-3-5-26/h1-9,21,23,29H,10-20H2,(H,28,35). The molecular formula is C27H35N7O2. The minimum absolute atomic E-state index is 0.0121. The Bertz CT molecular complexity index is 1090. The minimum Gasteiger partial charge on any atom is -0.379 e. The molecule has 0 saturated carbocycles. The number of carbonyl (C=O) groups excluding carboxylic acids is 1. The first-order valence-electron chi connectivity index (χ1n) is 12.9. The topological polar surface area (TPSA) is 87.6 Å². The number of aromatic nitrogens is 3. The molecule has 9 heteroatoms. The van der Waals surface area contributed by atoms with Crippen LogP contribution in [-0.4, -0.2) is 84.3 Å². The highest BCUT2D eigenvalue weighted by Crippen LogP contribution is 2.21. The molecule has 2 fully saturated rings. The lowest BCUT2D eigenvalue weighted by Gasteiger charge is -2.34. The fourth-order valence-electron chi connectivity index (χ4n) is 4.73. The summed E-state index contributed by atoms with van der Waals surface area (Å²) in [5.41, 5.74) is 3.79. The lowest BCUT2D eigenvalue weighted by molar-refractivity contribution is 0.0383. The average molecular weight is 490 g/mol. The van der Waals surface area contributed by atoms with Crippen molar-refractivity contribution in [1.29, 1.82) is 0 Å². The number of para-hydroxylation sites is 1. The van der Waals surface area contributed by atoms with Crippen LogP contribution < -0.4 is 15.5 Å². The molecule has 2 saturated heterocycles. The molecule has 2 N–H and O–H groups in total. The molecular weight excluding hydrogens is 454 g/mol. The third-order valence-electron chi connectivity index (χ3n) is 6.91. The number of nitrogens with one attached hydrogen (secondary N) is 2. The number of hydrogen-bond acceptors (Lipinski definition) is 7. The quantitative estimate of drug-likeness (QED) is 0.476. The highest BCUT2D eigenvalue weighted by atomic mass is 16.5. The highest BCUT2D eigenvalue weighted by Gasteiger charge is 2.20. The van der Waals surface area contributed by atoms with Crippen LogP contribution in [0.4, 0.5) is 5.69 Å². The van der Waals surface area contributed by atoms with E-state index in [1.54, 1.807) is 4.80 Å². The monoisotopic (exact) mass is 489 g/mol. The molecule has 0 unspecified atom stereocenters. The van der Waals surface area contributed by atoms with Crippen LogP contribution >= 0.6 is 0 Å². The Morgan fingerprint density at radius 3 is 2.44 bits per heavy atom. The number of carbonyl (C=O) groups is 1. The van der Waals surface area contributed by atoms with Gasteiger partial charge in [0.25, 0.3) is 5.91 Å². The predicted molar refractivity (Wildman–Crippen MR) is 139 cm³/mol. The first-order chi connectivity index (χ1) is 17.7. The van der Waals surface area contributed by atoms with Crippen LogP contribution in [0.5, 0.6) is 0 Å². The molecule has 1 aromatic heterocycles. The van der Waals surface area contributed by atoms with Gasteiger partial charge >= 0.3 is 0 Å². The van der Waals surface area contributed by atoms with Gasteiger partial charge in [0.2, 0.25) is 0 Å². The zero-order valence-electron chi connectivity index (χ0n) is 20.7. The Labute approximate surface area is 212 Å². The summed E-state index contributed by atoms with van der Waals surface area (Å²) in [5.74, 6) is -0.0121. The average Bonchev–Trinajstić information content (AvgIpc) is 3.43. The van der Waals surface area contributed by atoms with Gasteiger partial charge in [0.1, 0.15) is 0 Å². The number of anilines is 1. The fourth-order valence-corrected chi connectivity index (χ4v) is 4.73. The summed E-state index contributed by atoms with van der Waals surface area (Å²) in [5, 5.41) is 15.6. The summed E-state index contributed by atoms with van der Waals surface area (Å²) >= 11 is 0. The van der Waals surface area contributed by atoms with Crippen LogP contribution in [0.3, 0.4) is 0 Å². The van der Waals surface area contributed by atoms with Gasteiger partial charge in [0.05, 0.1) is 30.8 Å². The van der Waals surface area contributed by atoms with Crippen molar-refractivity contribution in [3.8, 4) is 5.69 Å². The van der Waals surface area contributed by atoms with Crippen LogP contribution in [-0.2, 0) is 11.3 Å². The maximum Gasteiger partial charge on any atom is 0.251 e. The van der Waals surface area contributed by atoms with Gasteiger partial charge in [0.15, 0.2) is 0 Å². The zero-order chi connectivity index (χ0) is 24.6. The largest absolute Gasteiger partial charge is 0.379 e. The normalized spacial score (nSPS) is 17.3. The second-order valence-corrected chi connectivity index (χ2v) is 9.36. The Hall–Kier alpha value is -3.27. The van der Waals surface area contributed by atoms with Crippen molar-refractivity contribution in [3.05, 3.63) is 72.1 Å². The van der Waals surface area contributed by atoms with E-state index in [-0.39, 0.29) is 5.91 Å². The van der Waals surface area contributed by atoms with Gasteiger partial charge in [-0.05, 0) is 49.2 Å². The van der Waals surface area contributed by atoms with Gasteiger partial charge in [-0.3, -0.25) is 9.69 Å². The molecule has 1 amide bonds. The fraction of sp³-hybridized carbons (Fsp3) is 0.444. The lowest BCUT2D eigenvalue weighted by Crippen LogP contribution is -2.42. The SMILES string of the molecule is O=C(NCCN1CCOCC1)c1ccc(N2CCC(NCc3cnn(-c4ccccc4)n3)CC2)cc1. The van der Waals surface area contributed by atoms with Gasteiger partial charge in [-0.1, -0.05) is 18.2 Å². The second kappa shape index (κ2) is 12.1. The summed E-state index contributed by atoms with van der Waals surface area (Å²) in [4.78, 5) is 18.9. The highest BCUT2D eigenvalue weighted by molar-refractivity contribution is 5.94. The second-order valence-electron chi connectivity index (χ2n) is 9.36. The van der Waals surface area contributed by atoms with E-state index in [0.29, 0.717) is 24.7 Å². The Kier molecular flexibility index (Phi) is 8.22. The van der Waals surface area contributed by atoms with Gasteiger partial charge in [0, 0.05) is 63.1 Å². The third-order valence-corrected chi connectivity index (χ3v) is 6.91. The summed E-state index contributed by atoms with van der Waals surface area (Å²) in [6.07, 6.45) is 3.96. The number of amides is 1. The molecule has 0 aliphatic carbocycles. The number of hydrogen-bond donors (Lipinski definition) is 2. The minimum atomic E-state index is -0.0121. The van der Waals surface area contributed by atoms with E-state index >= 15 is 0 Å².